The van der Waals surface area contributed by atoms with E-state index in [4.69, 9.17) is 5.10 Å². The second kappa shape index (κ2) is 8.09. The number of fused-ring (bicyclic) bond motifs is 2. The predicted octanol–water partition coefficient (Wildman–Crippen LogP) is 4.24. The number of anilines is 1. The third-order valence-electron chi connectivity index (χ3n) is 7.58. The molecule has 0 aliphatic heterocycles. The number of aliphatic hydroxyl groups excluding tert-OH is 1. The molecule has 178 valence electrons. The number of carbonyl (C=O) groups excluding carboxylic acids is 1. The smallest absolute Gasteiger partial charge is 0.320 e. The first kappa shape index (κ1) is 21.6. The van der Waals surface area contributed by atoms with Crippen LogP contribution in [-0.2, 0) is 12.5 Å². The first-order valence-electron chi connectivity index (χ1n) is 12.0. The average molecular weight is 469 g/mol. The molecule has 1 unspecified atom stereocenters. The molecule has 4 aromatic rings. The zero-order valence-corrected chi connectivity index (χ0v) is 19.8. The molecule has 0 bridgehead atoms. The van der Waals surface area contributed by atoms with Crippen molar-refractivity contribution in [2.75, 3.05) is 5.32 Å². The highest BCUT2D eigenvalue weighted by Gasteiger charge is 2.55. The minimum atomic E-state index is -0.648. The van der Waals surface area contributed by atoms with Crippen molar-refractivity contribution in [1.82, 2.24) is 24.9 Å². The molecule has 2 aromatic heterocycles. The van der Waals surface area contributed by atoms with Crippen LogP contribution < -0.4 is 10.6 Å². The molecule has 2 aliphatic rings. The summed E-state index contributed by atoms with van der Waals surface area (Å²) in [4.78, 5) is 13.3. The molecule has 2 heterocycles. The molecule has 2 aromatic carbocycles. The Balaban J connectivity index is 1.33. The molecule has 1 fully saturated rings. The van der Waals surface area contributed by atoms with Gasteiger partial charge in [0.05, 0.1) is 24.0 Å². The van der Waals surface area contributed by atoms with E-state index in [2.05, 4.69) is 21.8 Å². The second-order valence-electron chi connectivity index (χ2n) is 9.59. The number of amides is 2. The van der Waals surface area contributed by atoms with Crippen molar-refractivity contribution in [3.8, 4) is 16.9 Å². The summed E-state index contributed by atoms with van der Waals surface area (Å²) in [6.07, 6.45) is 6.00. The minimum absolute atomic E-state index is 0.246. The first-order chi connectivity index (χ1) is 17.0. The van der Waals surface area contributed by atoms with Crippen molar-refractivity contribution in [3.05, 3.63) is 83.7 Å². The van der Waals surface area contributed by atoms with Crippen LogP contribution in [0.1, 0.15) is 42.0 Å². The normalized spacial score (nSPS) is 19.9. The van der Waals surface area contributed by atoms with Gasteiger partial charge in [0.25, 0.3) is 0 Å². The van der Waals surface area contributed by atoms with E-state index in [0.717, 1.165) is 52.9 Å². The zero-order chi connectivity index (χ0) is 24.2. The molecule has 3 N–H and O–H groups in total. The lowest BCUT2D eigenvalue weighted by molar-refractivity contribution is 0.0212. The molecule has 35 heavy (non-hydrogen) atoms. The van der Waals surface area contributed by atoms with Gasteiger partial charge in [-0.25, -0.2) is 9.48 Å². The van der Waals surface area contributed by atoms with E-state index in [-0.39, 0.29) is 11.4 Å². The maximum absolute atomic E-state index is 13.3. The highest BCUT2D eigenvalue weighted by Crippen LogP contribution is 2.56. The van der Waals surface area contributed by atoms with Crippen LogP contribution in [0.5, 0.6) is 0 Å². The predicted molar refractivity (Wildman–Crippen MR) is 133 cm³/mol. The highest BCUT2D eigenvalue weighted by atomic mass is 16.3. The monoisotopic (exact) mass is 468 g/mol. The van der Waals surface area contributed by atoms with Gasteiger partial charge in [-0.2, -0.15) is 10.2 Å². The number of carbonyl (C=O) groups is 1. The van der Waals surface area contributed by atoms with Crippen LogP contribution in [-0.4, -0.2) is 36.8 Å². The molecule has 6 rings (SSSR count). The van der Waals surface area contributed by atoms with Crippen LogP contribution in [0.4, 0.5) is 10.6 Å². The molecule has 2 amide bonds. The fourth-order valence-electron chi connectivity index (χ4n) is 5.65. The Bertz CT molecular complexity index is 1400. The standard InChI is InChI=1S/C27H28N6O2/c1-17-22(18-15-28-32(2)16-18)31-33(19-9-4-3-5-10-19)25(17)30-26(35)29-23-20-11-6-7-12-21(20)27(24(23)34)13-8-14-27/h3-7,9-12,15-16,23-24,34H,8,13-14H2,1-2H3,(H2,29,30,35)/t23?,24-/m1/s1. The number of aromatic nitrogens is 4. The Labute approximate surface area is 203 Å². The van der Waals surface area contributed by atoms with Gasteiger partial charge in [-0.1, -0.05) is 48.9 Å². The van der Waals surface area contributed by atoms with Crippen LogP contribution in [0, 0.1) is 6.92 Å². The molecule has 2 atom stereocenters. The lowest BCUT2D eigenvalue weighted by Crippen LogP contribution is -2.47. The van der Waals surface area contributed by atoms with Crippen molar-refractivity contribution in [1.29, 1.82) is 0 Å². The number of nitrogens with one attached hydrogen (secondary N) is 2. The Kier molecular flexibility index (Phi) is 5.00. The molecule has 2 aliphatic carbocycles. The fourth-order valence-corrected chi connectivity index (χ4v) is 5.65. The van der Waals surface area contributed by atoms with Gasteiger partial charge in [-0.05, 0) is 43.0 Å². The van der Waals surface area contributed by atoms with Gasteiger partial charge in [0.15, 0.2) is 0 Å². The largest absolute Gasteiger partial charge is 0.390 e. The maximum Gasteiger partial charge on any atom is 0.320 e. The Morgan fingerprint density at radius 1 is 1.11 bits per heavy atom. The van der Waals surface area contributed by atoms with Crippen molar-refractivity contribution < 1.29 is 9.90 Å². The van der Waals surface area contributed by atoms with Gasteiger partial charge in [-0.3, -0.25) is 10.00 Å². The summed E-state index contributed by atoms with van der Waals surface area (Å²) < 4.78 is 3.47. The maximum atomic E-state index is 13.3. The van der Waals surface area contributed by atoms with E-state index in [0.29, 0.717) is 5.82 Å². The van der Waals surface area contributed by atoms with E-state index in [9.17, 15) is 9.90 Å². The van der Waals surface area contributed by atoms with E-state index < -0.39 is 12.1 Å². The summed E-state index contributed by atoms with van der Waals surface area (Å²) in [6, 6.07) is 16.9. The summed E-state index contributed by atoms with van der Waals surface area (Å²) in [5.74, 6) is 0.576. The number of aliphatic hydroxyl groups is 1. The molecule has 8 heteroatoms. The zero-order valence-electron chi connectivity index (χ0n) is 19.8. The average Bonchev–Trinajstić information content (AvgIpc) is 3.48. The van der Waals surface area contributed by atoms with E-state index in [1.807, 2.05) is 68.7 Å². The SMILES string of the molecule is Cc1c(-c2cnn(C)c2)nn(-c2ccccc2)c1NC(=O)NC1c2ccccc2C2(CCC2)[C@@H]1O. The number of aryl methyl sites for hydroxylation is 1. The summed E-state index contributed by atoms with van der Waals surface area (Å²) in [5.41, 5.74) is 5.20. The summed E-state index contributed by atoms with van der Waals surface area (Å²) in [5, 5.41) is 26.4. The molecule has 0 radical (unpaired) electrons. The number of urea groups is 1. The Morgan fingerprint density at radius 3 is 2.54 bits per heavy atom. The molecule has 1 spiro atoms. The molecular weight excluding hydrogens is 440 g/mol. The third kappa shape index (κ3) is 3.36. The number of benzene rings is 2. The number of rotatable bonds is 4. The van der Waals surface area contributed by atoms with Gasteiger partial charge in [-0.15, -0.1) is 0 Å². The highest BCUT2D eigenvalue weighted by molar-refractivity contribution is 5.91. The van der Waals surface area contributed by atoms with Crippen molar-refractivity contribution in [3.63, 3.8) is 0 Å². The van der Waals surface area contributed by atoms with Gasteiger partial charge in [0.2, 0.25) is 0 Å². The van der Waals surface area contributed by atoms with Crippen LogP contribution in [0.3, 0.4) is 0 Å². The van der Waals surface area contributed by atoms with Crippen LogP contribution >= 0.6 is 0 Å². The number of hydrogen-bond acceptors (Lipinski definition) is 4. The lowest BCUT2D eigenvalue weighted by Gasteiger charge is -2.43. The van der Waals surface area contributed by atoms with Gasteiger partial charge >= 0.3 is 6.03 Å². The van der Waals surface area contributed by atoms with Crippen molar-refractivity contribution in [2.24, 2.45) is 7.05 Å². The van der Waals surface area contributed by atoms with Crippen molar-refractivity contribution in [2.45, 2.75) is 43.7 Å². The molecule has 8 nitrogen and oxygen atoms in total. The van der Waals surface area contributed by atoms with Crippen LogP contribution in [0.15, 0.2) is 67.0 Å². The third-order valence-corrected chi connectivity index (χ3v) is 7.58. The quantitative estimate of drug-likeness (QED) is 0.417. The van der Waals surface area contributed by atoms with Crippen molar-refractivity contribution >= 4 is 11.8 Å². The summed E-state index contributed by atoms with van der Waals surface area (Å²) >= 11 is 0. The van der Waals surface area contributed by atoms with Gasteiger partial charge in [0, 0.05) is 29.8 Å². The molecular formula is C27H28N6O2. The first-order valence-corrected chi connectivity index (χ1v) is 12.0. The second-order valence-corrected chi connectivity index (χ2v) is 9.59. The van der Waals surface area contributed by atoms with Crippen LogP contribution in [0.2, 0.25) is 0 Å². The summed E-state index contributed by atoms with van der Waals surface area (Å²) in [6.45, 7) is 1.94. The number of hydrogen-bond donors (Lipinski definition) is 3. The summed E-state index contributed by atoms with van der Waals surface area (Å²) in [7, 11) is 1.86. The Hall–Kier alpha value is -3.91. The van der Waals surface area contributed by atoms with Gasteiger partial charge in [0.1, 0.15) is 11.5 Å². The van der Waals surface area contributed by atoms with Crippen LogP contribution in [0.25, 0.3) is 16.9 Å². The van der Waals surface area contributed by atoms with Gasteiger partial charge < -0.3 is 10.4 Å². The topological polar surface area (TPSA) is 97.0 Å². The van der Waals surface area contributed by atoms with E-state index >= 15 is 0 Å². The number of nitrogens with zero attached hydrogens (tertiary/aromatic N) is 4. The number of para-hydroxylation sites is 1. The lowest BCUT2D eigenvalue weighted by atomic mass is 9.63. The molecule has 1 saturated carbocycles. The minimum Gasteiger partial charge on any atom is -0.390 e. The van der Waals surface area contributed by atoms with E-state index in [1.165, 1.54) is 0 Å². The fraction of sp³-hybridized carbons (Fsp3) is 0.296. The van der Waals surface area contributed by atoms with E-state index in [1.54, 1.807) is 15.6 Å². The Morgan fingerprint density at radius 2 is 1.86 bits per heavy atom. The molecule has 0 saturated heterocycles.